The van der Waals surface area contributed by atoms with Gasteiger partial charge in [0.15, 0.2) is 11.5 Å². The number of carbonyl (C=O) groups is 1. The van der Waals surface area contributed by atoms with Crippen LogP contribution in [-0.2, 0) is 17.6 Å². The topological polar surface area (TPSA) is 59.0 Å². The van der Waals surface area contributed by atoms with Crippen LogP contribution < -0.4 is 9.47 Å². The number of aromatic hydroxyl groups is 1. The molecule has 1 atom stereocenters. The fraction of sp³-hybridized carbons (Fsp3) is 0.296. The van der Waals surface area contributed by atoms with Crippen molar-refractivity contribution in [3.8, 4) is 17.2 Å². The maximum absolute atomic E-state index is 11.9. The molecule has 1 aliphatic heterocycles. The number of amides is 1. The molecule has 1 amide bonds. The molecule has 3 aromatic carbocycles. The highest BCUT2D eigenvalue weighted by molar-refractivity contribution is 5.58. The third-order valence-corrected chi connectivity index (χ3v) is 6.11. The molecule has 166 valence electrons. The normalized spacial score (nSPS) is 15.2. The number of fused-ring (bicyclic) bond motifs is 1. The van der Waals surface area contributed by atoms with Crippen LogP contribution in [0.25, 0.3) is 0 Å². The van der Waals surface area contributed by atoms with Crippen molar-refractivity contribution in [1.82, 2.24) is 4.90 Å². The zero-order valence-electron chi connectivity index (χ0n) is 18.8. The van der Waals surface area contributed by atoms with Gasteiger partial charge in [0, 0.05) is 13.0 Å². The largest absolute Gasteiger partial charge is 0.508 e. The monoisotopic (exact) mass is 431 g/mol. The second-order valence-electron chi connectivity index (χ2n) is 8.33. The van der Waals surface area contributed by atoms with Gasteiger partial charge in [-0.05, 0) is 72.4 Å². The second kappa shape index (κ2) is 9.35. The smallest absolute Gasteiger partial charge is 0.210 e. The van der Waals surface area contributed by atoms with Crippen molar-refractivity contribution >= 4 is 6.41 Å². The molecule has 5 heteroatoms. The Balaban J connectivity index is 1.67. The maximum Gasteiger partial charge on any atom is 0.210 e. The predicted molar refractivity (Wildman–Crippen MR) is 125 cm³/mol. The lowest BCUT2D eigenvalue weighted by atomic mass is 9.86. The summed E-state index contributed by atoms with van der Waals surface area (Å²) in [6.07, 6.45) is 2.38. The van der Waals surface area contributed by atoms with Crippen molar-refractivity contribution in [1.29, 1.82) is 0 Å². The molecule has 1 aliphatic rings. The van der Waals surface area contributed by atoms with Crippen LogP contribution in [0.4, 0.5) is 0 Å². The summed E-state index contributed by atoms with van der Waals surface area (Å²) in [7, 11) is 1.64. The number of benzene rings is 3. The molecular weight excluding hydrogens is 402 g/mol. The first kappa shape index (κ1) is 21.8. The number of methoxy groups -OCH3 is 1. The number of phenols is 1. The number of phenolic OH excluding ortho intramolecular Hbond substituents is 1. The number of ether oxygens (including phenoxy) is 2. The summed E-state index contributed by atoms with van der Waals surface area (Å²) in [4.78, 5) is 13.8. The molecule has 0 saturated carbocycles. The van der Waals surface area contributed by atoms with E-state index in [1.54, 1.807) is 19.2 Å². The van der Waals surface area contributed by atoms with Gasteiger partial charge in [-0.2, -0.15) is 0 Å². The Morgan fingerprint density at radius 3 is 2.62 bits per heavy atom. The highest BCUT2D eigenvalue weighted by atomic mass is 16.5. The summed E-state index contributed by atoms with van der Waals surface area (Å²) in [5.41, 5.74) is 6.73. The predicted octanol–water partition coefficient (Wildman–Crippen LogP) is 4.74. The Kier molecular flexibility index (Phi) is 6.35. The Morgan fingerprint density at radius 1 is 1.06 bits per heavy atom. The van der Waals surface area contributed by atoms with E-state index in [9.17, 15) is 9.90 Å². The Morgan fingerprint density at radius 2 is 1.91 bits per heavy atom. The number of hydrogen-bond donors (Lipinski definition) is 1. The average Bonchev–Trinajstić information content (AvgIpc) is 2.78. The number of aryl methyl sites for hydroxylation is 2. The van der Waals surface area contributed by atoms with Gasteiger partial charge in [-0.3, -0.25) is 4.79 Å². The lowest BCUT2D eigenvalue weighted by Gasteiger charge is -2.36. The molecule has 3 aromatic rings. The van der Waals surface area contributed by atoms with Crippen molar-refractivity contribution in [3.05, 3.63) is 88.0 Å². The van der Waals surface area contributed by atoms with E-state index in [0.29, 0.717) is 31.1 Å². The SMILES string of the molecule is COc1cc2c(cc1OCCc1cccc(O)c1)C(c1ccc(C)cc1C)N(C=O)CC2. The van der Waals surface area contributed by atoms with Crippen molar-refractivity contribution < 1.29 is 19.4 Å². The molecule has 0 spiro atoms. The number of carbonyl (C=O) groups excluding carboxylic acids is 1. The van der Waals surface area contributed by atoms with Gasteiger partial charge in [0.2, 0.25) is 6.41 Å². The summed E-state index contributed by atoms with van der Waals surface area (Å²) >= 11 is 0. The summed E-state index contributed by atoms with van der Waals surface area (Å²) in [5.74, 6) is 1.60. The molecule has 0 aliphatic carbocycles. The maximum atomic E-state index is 11.9. The number of rotatable bonds is 7. The molecule has 0 bridgehead atoms. The highest BCUT2D eigenvalue weighted by Crippen LogP contribution is 2.41. The van der Waals surface area contributed by atoms with Crippen LogP contribution >= 0.6 is 0 Å². The molecule has 5 nitrogen and oxygen atoms in total. The summed E-state index contributed by atoms with van der Waals surface area (Å²) in [5, 5.41) is 9.68. The van der Waals surface area contributed by atoms with Gasteiger partial charge in [-0.25, -0.2) is 0 Å². The molecule has 0 fully saturated rings. The third kappa shape index (κ3) is 4.42. The van der Waals surface area contributed by atoms with Gasteiger partial charge in [0.25, 0.3) is 0 Å². The second-order valence-corrected chi connectivity index (χ2v) is 8.33. The van der Waals surface area contributed by atoms with Crippen LogP contribution in [0, 0.1) is 13.8 Å². The summed E-state index contributed by atoms with van der Waals surface area (Å²) < 4.78 is 11.7. The summed E-state index contributed by atoms with van der Waals surface area (Å²) in [6, 6.07) is 17.5. The quantitative estimate of drug-likeness (QED) is 0.549. The van der Waals surface area contributed by atoms with E-state index in [0.717, 1.165) is 35.1 Å². The minimum atomic E-state index is -0.156. The minimum absolute atomic E-state index is 0.156. The van der Waals surface area contributed by atoms with Gasteiger partial charge < -0.3 is 19.5 Å². The molecule has 32 heavy (non-hydrogen) atoms. The lowest BCUT2D eigenvalue weighted by Crippen LogP contribution is -2.35. The van der Waals surface area contributed by atoms with Crippen molar-refractivity contribution in [2.24, 2.45) is 0 Å². The first-order valence-corrected chi connectivity index (χ1v) is 10.9. The van der Waals surface area contributed by atoms with Crippen LogP contribution in [0.2, 0.25) is 0 Å². The average molecular weight is 432 g/mol. The highest BCUT2D eigenvalue weighted by Gasteiger charge is 2.30. The van der Waals surface area contributed by atoms with Crippen LogP contribution in [0.15, 0.2) is 54.6 Å². The molecule has 1 unspecified atom stereocenters. The first-order chi connectivity index (χ1) is 15.5. The fourth-order valence-electron chi connectivity index (χ4n) is 4.50. The zero-order chi connectivity index (χ0) is 22.7. The van der Waals surface area contributed by atoms with Crippen LogP contribution in [0.1, 0.15) is 39.4 Å². The zero-order valence-corrected chi connectivity index (χ0v) is 18.8. The van der Waals surface area contributed by atoms with Crippen LogP contribution in [0.3, 0.4) is 0 Å². The fourth-order valence-corrected chi connectivity index (χ4v) is 4.50. The minimum Gasteiger partial charge on any atom is -0.508 e. The molecule has 0 radical (unpaired) electrons. The van der Waals surface area contributed by atoms with E-state index < -0.39 is 0 Å². The van der Waals surface area contributed by atoms with Gasteiger partial charge in [-0.15, -0.1) is 0 Å². The number of nitrogens with zero attached hydrogens (tertiary/aromatic N) is 1. The molecule has 1 heterocycles. The van der Waals surface area contributed by atoms with E-state index in [1.165, 1.54) is 11.1 Å². The van der Waals surface area contributed by atoms with E-state index >= 15 is 0 Å². The van der Waals surface area contributed by atoms with Crippen LogP contribution in [0.5, 0.6) is 17.2 Å². The standard InChI is InChI=1S/C27H29NO4/c1-18-7-8-23(19(2)13-18)27-24-16-26(32-12-10-20-5-4-6-22(30)14-20)25(31-3)15-21(24)9-11-28(27)17-29/h4-8,13-17,27,30H,9-12H2,1-3H3. The van der Waals surface area contributed by atoms with Crippen molar-refractivity contribution in [2.75, 3.05) is 20.3 Å². The van der Waals surface area contributed by atoms with Crippen molar-refractivity contribution in [3.63, 3.8) is 0 Å². The van der Waals surface area contributed by atoms with Gasteiger partial charge in [-0.1, -0.05) is 35.9 Å². The Labute approximate surface area is 189 Å². The van der Waals surface area contributed by atoms with Gasteiger partial charge >= 0.3 is 0 Å². The Hall–Kier alpha value is -3.47. The molecule has 4 rings (SSSR count). The third-order valence-electron chi connectivity index (χ3n) is 6.11. The summed E-state index contributed by atoms with van der Waals surface area (Å²) in [6.45, 7) is 5.28. The molecule has 0 saturated heterocycles. The van der Waals surface area contributed by atoms with Crippen molar-refractivity contribution in [2.45, 2.75) is 32.7 Å². The molecular formula is C27H29NO4. The Bertz CT molecular complexity index is 1120. The van der Waals surface area contributed by atoms with E-state index in [-0.39, 0.29) is 11.8 Å². The first-order valence-electron chi connectivity index (χ1n) is 10.9. The van der Waals surface area contributed by atoms with Crippen LogP contribution in [-0.4, -0.2) is 36.7 Å². The van der Waals surface area contributed by atoms with Gasteiger partial charge in [0.1, 0.15) is 5.75 Å². The molecule has 1 N–H and O–H groups in total. The molecule has 0 aromatic heterocycles. The van der Waals surface area contributed by atoms with Gasteiger partial charge in [0.05, 0.1) is 19.8 Å². The van der Waals surface area contributed by atoms with E-state index in [2.05, 4.69) is 32.0 Å². The van der Waals surface area contributed by atoms with E-state index in [1.807, 2.05) is 29.2 Å². The lowest BCUT2D eigenvalue weighted by molar-refractivity contribution is -0.119. The van der Waals surface area contributed by atoms with E-state index in [4.69, 9.17) is 9.47 Å². The number of hydrogen-bond acceptors (Lipinski definition) is 4.